The van der Waals surface area contributed by atoms with Crippen molar-refractivity contribution in [3.05, 3.63) is 0 Å². The average Bonchev–Trinajstić information content (AvgIpc) is 2.26. The van der Waals surface area contributed by atoms with Gasteiger partial charge in [0.15, 0.2) is 0 Å². The summed E-state index contributed by atoms with van der Waals surface area (Å²) in [5.74, 6) is 0.512. The van der Waals surface area contributed by atoms with Gasteiger partial charge in [-0.05, 0) is 18.8 Å². The summed E-state index contributed by atoms with van der Waals surface area (Å²) in [5, 5.41) is 2.64. The molecule has 16 heavy (non-hydrogen) atoms. The topological polar surface area (TPSA) is 38.0 Å². The molecular weight excluding hydrogens is 217 g/mol. The van der Waals surface area contributed by atoms with Crippen LogP contribution in [0.1, 0.15) is 39.0 Å². The zero-order valence-corrected chi connectivity index (χ0v) is 9.74. The third-order valence-corrected chi connectivity index (χ3v) is 3.58. The van der Waals surface area contributed by atoms with Crippen molar-refractivity contribution in [3.8, 4) is 0 Å². The fourth-order valence-corrected chi connectivity index (χ4v) is 2.54. The Morgan fingerprint density at radius 1 is 1.44 bits per heavy atom. The lowest BCUT2D eigenvalue weighted by atomic mass is 9.74. The summed E-state index contributed by atoms with van der Waals surface area (Å²) in [6.45, 7) is 1.45. The van der Waals surface area contributed by atoms with Gasteiger partial charge >= 0.3 is 6.18 Å². The van der Waals surface area contributed by atoms with Gasteiger partial charge in [-0.15, -0.1) is 0 Å². The largest absolute Gasteiger partial charge is 0.401 e. The summed E-state index contributed by atoms with van der Waals surface area (Å²) in [5.41, 5.74) is 5.16. The molecule has 0 amide bonds. The van der Waals surface area contributed by atoms with Crippen molar-refractivity contribution in [3.63, 3.8) is 0 Å². The van der Waals surface area contributed by atoms with Crippen molar-refractivity contribution in [1.29, 1.82) is 0 Å². The van der Waals surface area contributed by atoms with Gasteiger partial charge < -0.3 is 11.1 Å². The predicted octanol–water partition coefficient (Wildman–Crippen LogP) is 2.44. The first-order valence-corrected chi connectivity index (χ1v) is 5.92. The lowest BCUT2D eigenvalue weighted by Crippen LogP contribution is -2.56. The van der Waals surface area contributed by atoms with E-state index in [0.29, 0.717) is 12.5 Å². The van der Waals surface area contributed by atoms with E-state index in [4.69, 9.17) is 5.73 Å². The molecule has 3 N–H and O–H groups in total. The minimum atomic E-state index is -4.15. The van der Waals surface area contributed by atoms with Crippen LogP contribution in [0, 0.1) is 5.92 Å². The molecule has 2 unspecified atom stereocenters. The predicted molar refractivity (Wildman–Crippen MR) is 58.1 cm³/mol. The molecule has 0 spiro atoms. The molecule has 1 fully saturated rings. The second-order valence-corrected chi connectivity index (χ2v) is 4.82. The summed E-state index contributed by atoms with van der Waals surface area (Å²) >= 11 is 0. The van der Waals surface area contributed by atoms with Crippen LogP contribution >= 0.6 is 0 Å². The second kappa shape index (κ2) is 5.36. The molecule has 0 heterocycles. The molecule has 1 aliphatic rings. The summed E-state index contributed by atoms with van der Waals surface area (Å²) < 4.78 is 36.6. The first-order valence-electron chi connectivity index (χ1n) is 5.92. The highest BCUT2D eigenvalue weighted by Crippen LogP contribution is 2.34. The molecule has 0 saturated heterocycles. The van der Waals surface area contributed by atoms with Crippen LogP contribution in [0.3, 0.4) is 0 Å². The molecule has 96 valence electrons. The fourth-order valence-electron chi connectivity index (χ4n) is 2.54. The molecule has 0 aromatic carbocycles. The summed E-state index contributed by atoms with van der Waals surface area (Å²) in [7, 11) is 0. The van der Waals surface area contributed by atoms with Crippen LogP contribution in [0.25, 0.3) is 0 Å². The van der Waals surface area contributed by atoms with Gasteiger partial charge in [0.1, 0.15) is 0 Å². The molecule has 0 aromatic rings. The van der Waals surface area contributed by atoms with Crippen LogP contribution in [0.15, 0.2) is 0 Å². The van der Waals surface area contributed by atoms with Gasteiger partial charge in [-0.1, -0.05) is 26.2 Å². The molecule has 0 aliphatic heterocycles. The number of nitrogens with two attached hydrogens (primary N) is 1. The minimum absolute atomic E-state index is 0.291. The standard InChI is InChI=1S/C11H21F3N2/c1-2-9-4-3-5-10(6-9,7-15)16-8-11(12,13)14/h9,16H,2-8,15H2,1H3. The molecule has 0 bridgehead atoms. The average molecular weight is 238 g/mol. The Labute approximate surface area is 94.8 Å². The quantitative estimate of drug-likeness (QED) is 0.789. The van der Waals surface area contributed by atoms with Crippen LogP contribution in [0.4, 0.5) is 13.2 Å². The highest BCUT2D eigenvalue weighted by molar-refractivity contribution is 4.94. The number of rotatable bonds is 4. The number of nitrogens with one attached hydrogen (secondary N) is 1. The van der Waals surface area contributed by atoms with Crippen molar-refractivity contribution in [1.82, 2.24) is 5.32 Å². The van der Waals surface area contributed by atoms with Crippen LogP contribution in [-0.2, 0) is 0 Å². The van der Waals surface area contributed by atoms with Crippen molar-refractivity contribution in [2.45, 2.75) is 50.7 Å². The SMILES string of the molecule is CCC1CCCC(CN)(NCC(F)(F)F)C1. The summed E-state index contributed by atoms with van der Waals surface area (Å²) in [6, 6.07) is 0. The van der Waals surface area contributed by atoms with E-state index in [1.54, 1.807) is 0 Å². The van der Waals surface area contributed by atoms with Crippen molar-refractivity contribution < 1.29 is 13.2 Å². The molecular formula is C11H21F3N2. The van der Waals surface area contributed by atoms with Crippen LogP contribution in [0.5, 0.6) is 0 Å². The maximum absolute atomic E-state index is 12.2. The molecule has 1 aliphatic carbocycles. The molecule has 0 radical (unpaired) electrons. The number of hydrogen-bond acceptors (Lipinski definition) is 2. The van der Waals surface area contributed by atoms with E-state index in [-0.39, 0.29) is 0 Å². The van der Waals surface area contributed by atoms with E-state index in [9.17, 15) is 13.2 Å². The van der Waals surface area contributed by atoms with E-state index in [1.165, 1.54) is 0 Å². The number of halogens is 3. The Bertz CT molecular complexity index is 218. The molecule has 1 saturated carbocycles. The van der Waals surface area contributed by atoms with E-state index < -0.39 is 18.3 Å². The molecule has 5 heteroatoms. The minimum Gasteiger partial charge on any atom is -0.329 e. The van der Waals surface area contributed by atoms with Crippen molar-refractivity contribution >= 4 is 0 Å². The second-order valence-electron chi connectivity index (χ2n) is 4.82. The van der Waals surface area contributed by atoms with Crippen molar-refractivity contribution in [2.75, 3.05) is 13.1 Å². The highest BCUT2D eigenvalue weighted by atomic mass is 19.4. The zero-order valence-electron chi connectivity index (χ0n) is 9.74. The Balaban J connectivity index is 2.55. The van der Waals surface area contributed by atoms with Gasteiger partial charge in [0.2, 0.25) is 0 Å². The zero-order chi connectivity index (χ0) is 12.2. The molecule has 1 rings (SSSR count). The smallest absolute Gasteiger partial charge is 0.329 e. The number of alkyl halides is 3. The van der Waals surface area contributed by atoms with Crippen LogP contribution < -0.4 is 11.1 Å². The van der Waals surface area contributed by atoms with E-state index in [0.717, 1.165) is 32.1 Å². The lowest BCUT2D eigenvalue weighted by molar-refractivity contribution is -0.130. The van der Waals surface area contributed by atoms with Gasteiger partial charge in [0.25, 0.3) is 0 Å². The first kappa shape index (κ1) is 13.8. The number of hydrogen-bond donors (Lipinski definition) is 2. The third kappa shape index (κ3) is 3.94. The molecule has 2 nitrogen and oxygen atoms in total. The van der Waals surface area contributed by atoms with Crippen LogP contribution in [-0.4, -0.2) is 24.8 Å². The fraction of sp³-hybridized carbons (Fsp3) is 1.00. The lowest BCUT2D eigenvalue weighted by Gasteiger charge is -2.41. The summed E-state index contributed by atoms with van der Waals surface area (Å²) in [4.78, 5) is 0. The Kier molecular flexibility index (Phi) is 4.62. The van der Waals surface area contributed by atoms with Gasteiger partial charge in [-0.3, -0.25) is 0 Å². The maximum Gasteiger partial charge on any atom is 0.401 e. The highest BCUT2D eigenvalue weighted by Gasteiger charge is 2.38. The van der Waals surface area contributed by atoms with Gasteiger partial charge in [0.05, 0.1) is 6.54 Å². The molecule has 2 atom stereocenters. The van der Waals surface area contributed by atoms with Gasteiger partial charge in [-0.2, -0.15) is 13.2 Å². The monoisotopic (exact) mass is 238 g/mol. The maximum atomic E-state index is 12.2. The van der Waals surface area contributed by atoms with Gasteiger partial charge in [0, 0.05) is 12.1 Å². The van der Waals surface area contributed by atoms with E-state index in [1.807, 2.05) is 0 Å². The van der Waals surface area contributed by atoms with Gasteiger partial charge in [-0.25, -0.2) is 0 Å². The third-order valence-electron chi connectivity index (χ3n) is 3.58. The Hall–Kier alpha value is -0.290. The van der Waals surface area contributed by atoms with Crippen molar-refractivity contribution in [2.24, 2.45) is 11.7 Å². The summed E-state index contributed by atoms with van der Waals surface area (Å²) in [6.07, 6.45) is 0.495. The Morgan fingerprint density at radius 2 is 2.12 bits per heavy atom. The Morgan fingerprint density at radius 3 is 2.62 bits per heavy atom. The van der Waals surface area contributed by atoms with E-state index >= 15 is 0 Å². The van der Waals surface area contributed by atoms with E-state index in [2.05, 4.69) is 12.2 Å². The molecule has 0 aromatic heterocycles. The normalized spacial score (nSPS) is 31.7. The van der Waals surface area contributed by atoms with Crippen LogP contribution in [0.2, 0.25) is 0 Å². The first-order chi connectivity index (χ1) is 7.41.